The highest BCUT2D eigenvalue weighted by atomic mass is 127. The number of benzene rings is 1. The molecule has 0 saturated heterocycles. The maximum atomic E-state index is 5.84. The summed E-state index contributed by atoms with van der Waals surface area (Å²) in [5, 5.41) is 3.13. The average Bonchev–Trinajstić information content (AvgIpc) is 2.37. The Kier molecular flexibility index (Phi) is 9.66. The van der Waals surface area contributed by atoms with Crippen LogP contribution in [0.2, 0.25) is 0 Å². The zero-order valence-electron chi connectivity index (χ0n) is 13.7. The smallest absolute Gasteiger partial charge is 0.188 e. The molecule has 0 spiro atoms. The first-order valence-electron chi connectivity index (χ1n) is 7.49. The van der Waals surface area contributed by atoms with Crippen LogP contribution >= 0.6 is 24.0 Å². The van der Waals surface area contributed by atoms with Crippen molar-refractivity contribution in [2.75, 3.05) is 6.54 Å². The molecule has 3 N–H and O–H groups in total. The Morgan fingerprint density at radius 2 is 1.86 bits per heavy atom. The predicted octanol–water partition coefficient (Wildman–Crippen LogP) is 3.97. The van der Waals surface area contributed by atoms with E-state index in [1.165, 1.54) is 12.0 Å². The van der Waals surface area contributed by atoms with Crippen LogP contribution in [0.15, 0.2) is 35.3 Å². The highest BCUT2D eigenvalue weighted by Crippen LogP contribution is 2.23. The zero-order chi connectivity index (χ0) is 15.0. The molecule has 0 heterocycles. The van der Waals surface area contributed by atoms with Gasteiger partial charge in [0.2, 0.25) is 0 Å². The molecule has 0 aliphatic carbocycles. The standard InChI is InChI=1S/C17H29N3.HI/c1-14(2)20-16(18)19-13-17(3,4)12-8-11-15-9-6-5-7-10-15;/h5-7,9-10,14H,8,11-13H2,1-4H3,(H3,18,19,20);1H. The van der Waals surface area contributed by atoms with Crippen molar-refractivity contribution >= 4 is 29.9 Å². The first-order chi connectivity index (χ1) is 9.39. The summed E-state index contributed by atoms with van der Waals surface area (Å²) < 4.78 is 0. The lowest BCUT2D eigenvalue weighted by Gasteiger charge is -2.22. The Morgan fingerprint density at radius 1 is 1.24 bits per heavy atom. The van der Waals surface area contributed by atoms with Crippen molar-refractivity contribution in [3.63, 3.8) is 0 Å². The van der Waals surface area contributed by atoms with Crippen LogP contribution in [0.3, 0.4) is 0 Å². The number of aryl methyl sites for hydroxylation is 1. The summed E-state index contributed by atoms with van der Waals surface area (Å²) >= 11 is 0. The molecule has 0 aromatic heterocycles. The maximum Gasteiger partial charge on any atom is 0.188 e. The van der Waals surface area contributed by atoms with Crippen molar-refractivity contribution in [1.29, 1.82) is 0 Å². The minimum Gasteiger partial charge on any atom is -0.370 e. The highest BCUT2D eigenvalue weighted by molar-refractivity contribution is 14.0. The van der Waals surface area contributed by atoms with E-state index in [2.05, 4.69) is 68.3 Å². The molecule has 0 amide bonds. The number of nitrogens with zero attached hydrogens (tertiary/aromatic N) is 1. The number of hydrogen-bond acceptors (Lipinski definition) is 1. The molecule has 0 fully saturated rings. The second-order valence-electron chi connectivity index (χ2n) is 6.50. The van der Waals surface area contributed by atoms with E-state index in [-0.39, 0.29) is 29.4 Å². The number of aliphatic imine (C=N–C) groups is 1. The van der Waals surface area contributed by atoms with Crippen molar-refractivity contribution < 1.29 is 0 Å². The molecule has 21 heavy (non-hydrogen) atoms. The van der Waals surface area contributed by atoms with E-state index in [0.29, 0.717) is 12.0 Å². The predicted molar refractivity (Wildman–Crippen MR) is 103 cm³/mol. The van der Waals surface area contributed by atoms with Crippen molar-refractivity contribution in [3.8, 4) is 0 Å². The number of nitrogens with two attached hydrogens (primary N) is 1. The van der Waals surface area contributed by atoms with E-state index in [1.54, 1.807) is 0 Å². The van der Waals surface area contributed by atoms with Gasteiger partial charge in [-0.15, -0.1) is 24.0 Å². The SMILES string of the molecule is CC(C)NC(N)=NCC(C)(C)CCCc1ccccc1.I. The van der Waals surface area contributed by atoms with Crippen molar-refractivity contribution in [2.45, 2.75) is 53.0 Å². The van der Waals surface area contributed by atoms with Gasteiger partial charge in [0.15, 0.2) is 5.96 Å². The van der Waals surface area contributed by atoms with Gasteiger partial charge in [-0.05, 0) is 44.1 Å². The first kappa shape index (κ1) is 20.2. The van der Waals surface area contributed by atoms with Crippen LogP contribution in [-0.4, -0.2) is 18.5 Å². The summed E-state index contributed by atoms with van der Waals surface area (Å²) in [4.78, 5) is 4.44. The molecule has 0 bridgehead atoms. The second-order valence-corrected chi connectivity index (χ2v) is 6.50. The lowest BCUT2D eigenvalue weighted by atomic mass is 9.86. The molecule has 0 saturated carbocycles. The molecule has 3 nitrogen and oxygen atoms in total. The van der Waals surface area contributed by atoms with Gasteiger partial charge in [0.05, 0.1) is 0 Å². The number of halogens is 1. The van der Waals surface area contributed by atoms with E-state index in [1.807, 2.05) is 0 Å². The summed E-state index contributed by atoms with van der Waals surface area (Å²) in [6.45, 7) is 9.41. The Balaban J connectivity index is 0.00000400. The van der Waals surface area contributed by atoms with Crippen molar-refractivity contribution in [1.82, 2.24) is 5.32 Å². The fourth-order valence-corrected chi connectivity index (χ4v) is 2.14. The average molecular weight is 403 g/mol. The fourth-order valence-electron chi connectivity index (χ4n) is 2.14. The summed E-state index contributed by atoms with van der Waals surface area (Å²) in [6.07, 6.45) is 3.47. The minimum atomic E-state index is 0. The molecule has 120 valence electrons. The van der Waals surface area contributed by atoms with Crippen LogP contribution in [0.4, 0.5) is 0 Å². The Hall–Kier alpha value is -0.780. The van der Waals surface area contributed by atoms with E-state index in [0.717, 1.165) is 19.4 Å². The third-order valence-electron chi connectivity index (χ3n) is 3.28. The molecular weight excluding hydrogens is 373 g/mol. The van der Waals surface area contributed by atoms with Gasteiger partial charge in [-0.2, -0.15) is 0 Å². The number of nitrogens with one attached hydrogen (secondary N) is 1. The molecule has 0 unspecified atom stereocenters. The van der Waals surface area contributed by atoms with Crippen LogP contribution in [0.5, 0.6) is 0 Å². The van der Waals surface area contributed by atoms with E-state index in [4.69, 9.17) is 5.73 Å². The highest BCUT2D eigenvalue weighted by Gasteiger charge is 2.17. The van der Waals surface area contributed by atoms with E-state index in [9.17, 15) is 0 Å². The summed E-state index contributed by atoms with van der Waals surface area (Å²) in [5.41, 5.74) is 7.44. The molecule has 0 aliphatic rings. The van der Waals surface area contributed by atoms with Gasteiger partial charge in [-0.3, -0.25) is 4.99 Å². The molecular formula is C17H30IN3. The molecule has 0 aliphatic heterocycles. The van der Waals surface area contributed by atoms with Crippen LogP contribution in [-0.2, 0) is 6.42 Å². The summed E-state index contributed by atoms with van der Waals surface area (Å²) in [7, 11) is 0. The van der Waals surface area contributed by atoms with Crippen LogP contribution in [0.1, 0.15) is 46.1 Å². The largest absolute Gasteiger partial charge is 0.370 e. The van der Waals surface area contributed by atoms with Crippen molar-refractivity contribution in [3.05, 3.63) is 35.9 Å². The van der Waals surface area contributed by atoms with Gasteiger partial charge >= 0.3 is 0 Å². The van der Waals surface area contributed by atoms with Crippen molar-refractivity contribution in [2.24, 2.45) is 16.1 Å². The van der Waals surface area contributed by atoms with Gasteiger partial charge in [0.25, 0.3) is 0 Å². The maximum absolute atomic E-state index is 5.84. The number of hydrogen-bond donors (Lipinski definition) is 2. The Morgan fingerprint density at radius 3 is 2.43 bits per heavy atom. The normalized spacial score (nSPS) is 12.1. The lowest BCUT2D eigenvalue weighted by Crippen LogP contribution is -2.37. The number of guanidine groups is 1. The molecule has 0 atom stereocenters. The Labute approximate surface area is 146 Å². The summed E-state index contributed by atoms with van der Waals surface area (Å²) in [5.74, 6) is 0.552. The molecule has 1 rings (SSSR count). The van der Waals surface area contributed by atoms with Gasteiger partial charge in [0.1, 0.15) is 0 Å². The molecule has 4 heteroatoms. The quantitative estimate of drug-likeness (QED) is 0.411. The van der Waals surface area contributed by atoms with Gasteiger partial charge in [-0.25, -0.2) is 0 Å². The third kappa shape index (κ3) is 9.72. The number of rotatable bonds is 7. The van der Waals surface area contributed by atoms with E-state index >= 15 is 0 Å². The van der Waals surface area contributed by atoms with Crippen LogP contribution in [0.25, 0.3) is 0 Å². The minimum absolute atomic E-state index is 0. The zero-order valence-corrected chi connectivity index (χ0v) is 16.1. The Bertz CT molecular complexity index is 413. The van der Waals surface area contributed by atoms with E-state index < -0.39 is 0 Å². The van der Waals surface area contributed by atoms with Crippen LogP contribution < -0.4 is 11.1 Å². The lowest BCUT2D eigenvalue weighted by molar-refractivity contribution is 0.338. The van der Waals surface area contributed by atoms with Gasteiger partial charge < -0.3 is 11.1 Å². The topological polar surface area (TPSA) is 50.4 Å². The second kappa shape index (κ2) is 10.0. The molecule has 1 aromatic carbocycles. The van der Waals surface area contributed by atoms with Crippen LogP contribution in [0, 0.1) is 5.41 Å². The summed E-state index contributed by atoms with van der Waals surface area (Å²) in [6, 6.07) is 11.0. The fraction of sp³-hybridized carbons (Fsp3) is 0.588. The first-order valence-corrected chi connectivity index (χ1v) is 7.49. The molecule has 1 aromatic rings. The van der Waals surface area contributed by atoms with Gasteiger partial charge in [-0.1, -0.05) is 44.2 Å². The third-order valence-corrected chi connectivity index (χ3v) is 3.28. The molecule has 0 radical (unpaired) electrons. The monoisotopic (exact) mass is 403 g/mol. The van der Waals surface area contributed by atoms with Gasteiger partial charge in [0, 0.05) is 12.6 Å².